The quantitative estimate of drug-likeness (QED) is 0.716. The second-order valence-corrected chi connectivity index (χ2v) is 5.34. The van der Waals surface area contributed by atoms with Crippen LogP contribution in [-0.2, 0) is 4.79 Å². The number of piperidine rings is 1. The van der Waals surface area contributed by atoms with Crippen molar-refractivity contribution in [3.05, 3.63) is 0 Å². The first-order chi connectivity index (χ1) is 7.60. The molecule has 2 nitrogen and oxygen atoms in total. The molecule has 1 saturated heterocycles. The number of ketones is 1. The summed E-state index contributed by atoms with van der Waals surface area (Å²) in [5, 5.41) is 0. The average molecular weight is 225 g/mol. The highest BCUT2D eigenvalue weighted by Gasteiger charge is 2.29. The maximum Gasteiger partial charge on any atom is 0.140 e. The SMILES string of the molecule is CCC(CC)C(=O)C1CCCN(C(C)C)C1. The molecule has 1 aliphatic heterocycles. The zero-order chi connectivity index (χ0) is 12.1. The third-order valence-electron chi connectivity index (χ3n) is 3.97. The Bertz CT molecular complexity index is 221. The molecule has 2 heteroatoms. The topological polar surface area (TPSA) is 20.3 Å². The number of rotatable bonds is 5. The summed E-state index contributed by atoms with van der Waals surface area (Å²) in [5.74, 6) is 1.13. The molecule has 0 bridgehead atoms. The molecule has 0 aromatic heterocycles. The van der Waals surface area contributed by atoms with Gasteiger partial charge in [-0.1, -0.05) is 13.8 Å². The summed E-state index contributed by atoms with van der Waals surface area (Å²) in [4.78, 5) is 14.8. The van der Waals surface area contributed by atoms with Crippen LogP contribution in [0.3, 0.4) is 0 Å². The second-order valence-electron chi connectivity index (χ2n) is 5.34. The van der Waals surface area contributed by atoms with Crippen molar-refractivity contribution in [3.8, 4) is 0 Å². The minimum Gasteiger partial charge on any atom is -0.300 e. The normalized spacial score (nSPS) is 23.0. The molecule has 0 radical (unpaired) electrons. The van der Waals surface area contributed by atoms with Gasteiger partial charge in [-0.2, -0.15) is 0 Å². The lowest BCUT2D eigenvalue weighted by molar-refractivity contribution is -0.129. The third-order valence-corrected chi connectivity index (χ3v) is 3.97. The summed E-state index contributed by atoms with van der Waals surface area (Å²) in [6, 6.07) is 0.581. The first-order valence-corrected chi connectivity index (χ1v) is 6.87. The molecule has 94 valence electrons. The Morgan fingerprint density at radius 3 is 2.44 bits per heavy atom. The van der Waals surface area contributed by atoms with E-state index < -0.39 is 0 Å². The fraction of sp³-hybridized carbons (Fsp3) is 0.929. The van der Waals surface area contributed by atoms with E-state index in [0.29, 0.717) is 23.7 Å². The Balaban J connectivity index is 2.56. The predicted octanol–water partition coefficient (Wildman–Crippen LogP) is 3.11. The Kier molecular flexibility index (Phi) is 5.47. The summed E-state index contributed by atoms with van der Waals surface area (Å²) >= 11 is 0. The Morgan fingerprint density at radius 1 is 1.31 bits per heavy atom. The van der Waals surface area contributed by atoms with E-state index in [2.05, 4.69) is 32.6 Å². The molecule has 16 heavy (non-hydrogen) atoms. The van der Waals surface area contributed by atoms with Crippen LogP contribution in [0.15, 0.2) is 0 Å². The molecule has 1 unspecified atom stereocenters. The molecule has 0 N–H and O–H groups in total. The lowest BCUT2D eigenvalue weighted by Gasteiger charge is -2.35. The Labute approximate surface area is 100 Å². The molecule has 0 spiro atoms. The molecule has 0 amide bonds. The monoisotopic (exact) mass is 225 g/mol. The second kappa shape index (κ2) is 6.39. The van der Waals surface area contributed by atoms with Crippen LogP contribution in [0.4, 0.5) is 0 Å². The minimum atomic E-state index is 0.303. The van der Waals surface area contributed by atoms with Crippen molar-refractivity contribution < 1.29 is 4.79 Å². The van der Waals surface area contributed by atoms with Crippen LogP contribution in [0.5, 0.6) is 0 Å². The van der Waals surface area contributed by atoms with Crippen LogP contribution in [0.25, 0.3) is 0 Å². The van der Waals surface area contributed by atoms with Gasteiger partial charge in [0.05, 0.1) is 0 Å². The molecule has 0 aromatic carbocycles. The van der Waals surface area contributed by atoms with Gasteiger partial charge in [0.25, 0.3) is 0 Å². The maximum absolute atomic E-state index is 12.3. The highest BCUT2D eigenvalue weighted by molar-refractivity contribution is 5.83. The van der Waals surface area contributed by atoms with Gasteiger partial charge in [0.15, 0.2) is 0 Å². The zero-order valence-corrected chi connectivity index (χ0v) is 11.3. The van der Waals surface area contributed by atoms with Crippen LogP contribution in [-0.4, -0.2) is 29.8 Å². The van der Waals surface area contributed by atoms with E-state index in [1.54, 1.807) is 0 Å². The number of carbonyl (C=O) groups is 1. The van der Waals surface area contributed by atoms with Crippen LogP contribution >= 0.6 is 0 Å². The van der Waals surface area contributed by atoms with E-state index in [0.717, 1.165) is 25.8 Å². The molecule has 0 aliphatic carbocycles. The van der Waals surface area contributed by atoms with Crippen molar-refractivity contribution in [1.29, 1.82) is 0 Å². The number of likely N-dealkylation sites (tertiary alicyclic amines) is 1. The van der Waals surface area contributed by atoms with Crippen molar-refractivity contribution in [2.45, 2.75) is 59.4 Å². The average Bonchev–Trinajstić information content (AvgIpc) is 2.30. The van der Waals surface area contributed by atoms with E-state index >= 15 is 0 Å². The van der Waals surface area contributed by atoms with Crippen LogP contribution < -0.4 is 0 Å². The van der Waals surface area contributed by atoms with E-state index in [4.69, 9.17) is 0 Å². The summed E-state index contributed by atoms with van der Waals surface area (Å²) in [7, 11) is 0. The molecular formula is C14H27NO. The van der Waals surface area contributed by atoms with Crippen molar-refractivity contribution in [1.82, 2.24) is 4.90 Å². The lowest BCUT2D eigenvalue weighted by atomic mass is 9.84. The molecule has 0 saturated carbocycles. The smallest absolute Gasteiger partial charge is 0.140 e. The minimum absolute atomic E-state index is 0.303. The van der Waals surface area contributed by atoms with Gasteiger partial charge in [-0.25, -0.2) is 0 Å². The van der Waals surface area contributed by atoms with Crippen LogP contribution in [0.2, 0.25) is 0 Å². The Morgan fingerprint density at radius 2 is 1.94 bits per heavy atom. The van der Waals surface area contributed by atoms with Gasteiger partial charge in [-0.05, 0) is 46.1 Å². The first-order valence-electron chi connectivity index (χ1n) is 6.87. The molecule has 1 aliphatic rings. The number of nitrogens with zero attached hydrogens (tertiary/aromatic N) is 1. The van der Waals surface area contributed by atoms with Gasteiger partial charge >= 0.3 is 0 Å². The fourth-order valence-corrected chi connectivity index (χ4v) is 2.73. The Hall–Kier alpha value is -0.370. The summed E-state index contributed by atoms with van der Waals surface area (Å²) in [6.07, 6.45) is 4.31. The largest absolute Gasteiger partial charge is 0.300 e. The van der Waals surface area contributed by atoms with Crippen molar-refractivity contribution in [3.63, 3.8) is 0 Å². The van der Waals surface area contributed by atoms with Gasteiger partial charge in [0.2, 0.25) is 0 Å². The molecule has 1 rings (SSSR count). The summed E-state index contributed by atoms with van der Waals surface area (Å²) in [6.45, 7) is 10.9. The molecule has 1 fully saturated rings. The van der Waals surface area contributed by atoms with Crippen molar-refractivity contribution in [2.75, 3.05) is 13.1 Å². The molecule has 0 aromatic rings. The van der Waals surface area contributed by atoms with Crippen molar-refractivity contribution >= 4 is 5.78 Å². The first kappa shape index (κ1) is 13.7. The van der Waals surface area contributed by atoms with Crippen LogP contribution in [0, 0.1) is 11.8 Å². The van der Waals surface area contributed by atoms with E-state index in [9.17, 15) is 4.79 Å². The molecule has 1 atom stereocenters. The van der Waals surface area contributed by atoms with Gasteiger partial charge < -0.3 is 4.90 Å². The summed E-state index contributed by atoms with van der Waals surface area (Å²) in [5.41, 5.74) is 0. The predicted molar refractivity (Wildman–Crippen MR) is 68.5 cm³/mol. The lowest BCUT2D eigenvalue weighted by Crippen LogP contribution is -2.43. The third kappa shape index (κ3) is 3.31. The van der Waals surface area contributed by atoms with Crippen molar-refractivity contribution in [2.24, 2.45) is 11.8 Å². The van der Waals surface area contributed by atoms with Gasteiger partial charge in [0, 0.05) is 24.4 Å². The van der Waals surface area contributed by atoms with Crippen LogP contribution in [0.1, 0.15) is 53.4 Å². The van der Waals surface area contributed by atoms with E-state index in [1.807, 2.05) is 0 Å². The van der Waals surface area contributed by atoms with Gasteiger partial charge in [0.1, 0.15) is 5.78 Å². The zero-order valence-electron chi connectivity index (χ0n) is 11.3. The highest BCUT2D eigenvalue weighted by atomic mass is 16.1. The number of hydrogen-bond donors (Lipinski definition) is 0. The highest BCUT2D eigenvalue weighted by Crippen LogP contribution is 2.24. The molecular weight excluding hydrogens is 198 g/mol. The number of hydrogen-bond acceptors (Lipinski definition) is 2. The number of Topliss-reactive ketones (excluding diaryl/α,β-unsaturated/α-hetero) is 1. The molecule has 1 heterocycles. The summed E-state index contributed by atoms with van der Waals surface area (Å²) < 4.78 is 0. The fourth-order valence-electron chi connectivity index (χ4n) is 2.73. The van der Waals surface area contributed by atoms with E-state index in [1.165, 1.54) is 13.0 Å². The van der Waals surface area contributed by atoms with Gasteiger partial charge in [-0.3, -0.25) is 4.79 Å². The number of carbonyl (C=O) groups excluding carboxylic acids is 1. The standard InChI is InChI=1S/C14H27NO/c1-5-12(6-2)14(16)13-8-7-9-15(10-13)11(3)4/h11-13H,5-10H2,1-4H3. The van der Waals surface area contributed by atoms with E-state index in [-0.39, 0.29) is 0 Å². The maximum atomic E-state index is 12.3. The van der Waals surface area contributed by atoms with Gasteiger partial charge in [-0.15, -0.1) is 0 Å².